The molecule has 3 rings (SSSR count). The molecule has 0 fully saturated rings. The molecule has 0 radical (unpaired) electrons. The first kappa shape index (κ1) is 15.7. The normalized spacial score (nSPS) is 10.4. The van der Waals surface area contributed by atoms with Gasteiger partial charge in [0.2, 0.25) is 5.82 Å². The molecule has 0 N–H and O–H groups in total. The molecule has 1 heterocycles. The van der Waals surface area contributed by atoms with Crippen molar-refractivity contribution in [1.29, 1.82) is 0 Å². The van der Waals surface area contributed by atoms with E-state index in [1.807, 2.05) is 0 Å². The Morgan fingerprint density at radius 1 is 1.17 bits per heavy atom. The molecule has 0 aliphatic carbocycles. The number of nitrogens with zero attached hydrogens (tertiary/aromatic N) is 2. The van der Waals surface area contributed by atoms with Crippen LogP contribution in [0.3, 0.4) is 0 Å². The van der Waals surface area contributed by atoms with E-state index in [0.29, 0.717) is 11.6 Å². The van der Waals surface area contributed by atoms with Gasteiger partial charge in [-0.1, -0.05) is 17.3 Å². The Bertz CT molecular complexity index is 846. The van der Waals surface area contributed by atoms with Gasteiger partial charge in [0.25, 0.3) is 5.89 Å². The molecule has 1 aromatic heterocycles. The Morgan fingerprint density at radius 2 is 1.92 bits per heavy atom. The van der Waals surface area contributed by atoms with E-state index in [4.69, 9.17) is 14.0 Å². The molecule has 6 nitrogen and oxygen atoms in total. The average Bonchev–Trinajstić information content (AvgIpc) is 3.09. The van der Waals surface area contributed by atoms with E-state index in [1.54, 1.807) is 37.4 Å². The minimum absolute atomic E-state index is 0.116. The molecule has 2 aromatic carbocycles. The Kier molecular flexibility index (Phi) is 4.51. The van der Waals surface area contributed by atoms with Crippen LogP contribution in [-0.4, -0.2) is 23.2 Å². The van der Waals surface area contributed by atoms with E-state index >= 15 is 0 Å². The Balaban J connectivity index is 1.66. The summed E-state index contributed by atoms with van der Waals surface area (Å²) in [5, 5.41) is 3.82. The van der Waals surface area contributed by atoms with E-state index in [1.165, 1.54) is 18.2 Å². The summed E-state index contributed by atoms with van der Waals surface area (Å²) in [5.74, 6) is -0.259. The third kappa shape index (κ3) is 3.40. The van der Waals surface area contributed by atoms with Crippen LogP contribution in [0.25, 0.3) is 11.4 Å². The lowest BCUT2D eigenvalue weighted by Crippen LogP contribution is -2.07. The molecule has 0 spiro atoms. The summed E-state index contributed by atoms with van der Waals surface area (Å²) in [6.07, 6.45) is 0. The summed E-state index contributed by atoms with van der Waals surface area (Å²) in [7, 11) is 1.57. The highest BCUT2D eigenvalue weighted by atomic mass is 19.1. The highest BCUT2D eigenvalue weighted by Crippen LogP contribution is 2.20. The maximum absolute atomic E-state index is 13.5. The Hall–Kier alpha value is -3.22. The van der Waals surface area contributed by atoms with Crippen LogP contribution in [0.15, 0.2) is 53.1 Å². The van der Waals surface area contributed by atoms with Crippen molar-refractivity contribution in [3.05, 3.63) is 65.8 Å². The Labute approximate surface area is 136 Å². The van der Waals surface area contributed by atoms with Gasteiger partial charge in [-0.2, -0.15) is 4.98 Å². The molecule has 0 atom stereocenters. The van der Waals surface area contributed by atoms with Crippen molar-refractivity contribution in [1.82, 2.24) is 10.1 Å². The number of carbonyl (C=O) groups excluding carboxylic acids is 1. The minimum Gasteiger partial charge on any atom is -0.497 e. The van der Waals surface area contributed by atoms with Gasteiger partial charge in [-0.25, -0.2) is 9.18 Å². The predicted octanol–water partition coefficient (Wildman–Crippen LogP) is 3.24. The maximum atomic E-state index is 13.5. The standard InChI is InChI=1S/C17H13FN2O4/c1-22-12-8-6-11(7-9-12)16-19-15(24-20-16)10-23-17(21)13-4-2-3-5-14(13)18/h2-9H,10H2,1H3. The number of esters is 1. The van der Waals surface area contributed by atoms with E-state index in [0.717, 1.165) is 5.56 Å². The van der Waals surface area contributed by atoms with Gasteiger partial charge >= 0.3 is 5.97 Å². The van der Waals surface area contributed by atoms with E-state index in [-0.39, 0.29) is 18.1 Å². The van der Waals surface area contributed by atoms with Crippen LogP contribution in [0.2, 0.25) is 0 Å². The van der Waals surface area contributed by atoms with Gasteiger partial charge in [0, 0.05) is 5.56 Å². The van der Waals surface area contributed by atoms with Crippen molar-refractivity contribution >= 4 is 5.97 Å². The first-order valence-electron chi connectivity index (χ1n) is 7.06. The molecule has 0 saturated carbocycles. The van der Waals surface area contributed by atoms with Crippen LogP contribution in [0, 0.1) is 5.82 Å². The summed E-state index contributed by atoms with van der Waals surface area (Å²) in [5.41, 5.74) is 0.582. The second kappa shape index (κ2) is 6.91. The molecule has 0 aliphatic heterocycles. The van der Waals surface area contributed by atoms with Crippen molar-refractivity contribution in [2.24, 2.45) is 0 Å². The smallest absolute Gasteiger partial charge is 0.341 e. The van der Waals surface area contributed by atoms with E-state index in [9.17, 15) is 9.18 Å². The van der Waals surface area contributed by atoms with E-state index < -0.39 is 11.8 Å². The highest BCUT2D eigenvalue weighted by Gasteiger charge is 2.15. The fraction of sp³-hybridized carbons (Fsp3) is 0.118. The fourth-order valence-corrected chi connectivity index (χ4v) is 2.00. The van der Waals surface area contributed by atoms with Crippen molar-refractivity contribution in [2.75, 3.05) is 7.11 Å². The summed E-state index contributed by atoms with van der Waals surface area (Å²) in [6.45, 7) is -0.240. The summed E-state index contributed by atoms with van der Waals surface area (Å²) < 4.78 is 28.6. The van der Waals surface area contributed by atoms with Gasteiger partial charge in [0.15, 0.2) is 6.61 Å². The third-order valence-electron chi connectivity index (χ3n) is 3.24. The number of halogens is 1. The molecular weight excluding hydrogens is 315 g/mol. The Morgan fingerprint density at radius 3 is 2.62 bits per heavy atom. The number of hydrogen-bond donors (Lipinski definition) is 0. The van der Waals surface area contributed by atoms with Gasteiger partial charge in [0.1, 0.15) is 11.6 Å². The number of benzene rings is 2. The van der Waals surface area contributed by atoms with Crippen LogP contribution >= 0.6 is 0 Å². The first-order valence-corrected chi connectivity index (χ1v) is 7.06. The van der Waals surface area contributed by atoms with Gasteiger partial charge in [-0.3, -0.25) is 0 Å². The zero-order chi connectivity index (χ0) is 16.9. The van der Waals surface area contributed by atoms with E-state index in [2.05, 4.69) is 10.1 Å². The van der Waals surface area contributed by atoms with Crippen LogP contribution in [-0.2, 0) is 11.3 Å². The quantitative estimate of drug-likeness (QED) is 0.669. The summed E-state index contributed by atoms with van der Waals surface area (Å²) in [4.78, 5) is 16.0. The molecule has 122 valence electrons. The molecule has 24 heavy (non-hydrogen) atoms. The van der Waals surface area contributed by atoms with Crippen molar-refractivity contribution in [3.63, 3.8) is 0 Å². The largest absolute Gasteiger partial charge is 0.497 e. The predicted molar refractivity (Wildman–Crippen MR) is 81.8 cm³/mol. The van der Waals surface area contributed by atoms with Gasteiger partial charge in [0.05, 0.1) is 12.7 Å². The van der Waals surface area contributed by atoms with Crippen LogP contribution in [0.5, 0.6) is 5.75 Å². The van der Waals surface area contributed by atoms with Crippen LogP contribution in [0.4, 0.5) is 4.39 Å². The lowest BCUT2D eigenvalue weighted by molar-refractivity contribution is 0.0424. The number of carbonyl (C=O) groups is 1. The van der Waals surface area contributed by atoms with Gasteiger partial charge < -0.3 is 14.0 Å². The minimum atomic E-state index is -0.794. The monoisotopic (exact) mass is 328 g/mol. The molecule has 0 amide bonds. The SMILES string of the molecule is COc1ccc(-c2noc(COC(=O)c3ccccc3F)n2)cc1. The molecule has 7 heteroatoms. The first-order chi connectivity index (χ1) is 11.7. The van der Waals surface area contributed by atoms with Gasteiger partial charge in [-0.15, -0.1) is 0 Å². The fourth-order valence-electron chi connectivity index (χ4n) is 2.00. The number of methoxy groups -OCH3 is 1. The summed E-state index contributed by atoms with van der Waals surface area (Å²) in [6, 6.07) is 12.7. The molecule has 0 saturated heterocycles. The zero-order valence-electron chi connectivity index (χ0n) is 12.7. The van der Waals surface area contributed by atoms with Crippen LogP contribution < -0.4 is 4.74 Å². The zero-order valence-corrected chi connectivity index (χ0v) is 12.7. The molecule has 0 bridgehead atoms. The maximum Gasteiger partial charge on any atom is 0.341 e. The number of rotatable bonds is 5. The number of hydrogen-bond acceptors (Lipinski definition) is 6. The second-order valence-corrected chi connectivity index (χ2v) is 4.80. The van der Waals surface area contributed by atoms with Crippen molar-refractivity contribution in [3.8, 4) is 17.1 Å². The van der Waals surface area contributed by atoms with Crippen LogP contribution in [0.1, 0.15) is 16.2 Å². The van der Waals surface area contributed by atoms with Crippen molar-refractivity contribution in [2.45, 2.75) is 6.61 Å². The lowest BCUT2D eigenvalue weighted by Gasteiger charge is -2.02. The highest BCUT2D eigenvalue weighted by molar-refractivity contribution is 5.89. The third-order valence-corrected chi connectivity index (χ3v) is 3.24. The molecule has 3 aromatic rings. The second-order valence-electron chi connectivity index (χ2n) is 4.80. The lowest BCUT2D eigenvalue weighted by atomic mass is 10.2. The van der Waals surface area contributed by atoms with Crippen molar-refractivity contribution < 1.29 is 23.2 Å². The molecule has 0 unspecified atom stereocenters. The topological polar surface area (TPSA) is 74.5 Å². The molecular formula is C17H13FN2O4. The summed E-state index contributed by atoms with van der Waals surface area (Å²) >= 11 is 0. The number of ether oxygens (including phenoxy) is 2. The number of aromatic nitrogens is 2. The molecule has 0 aliphatic rings. The average molecular weight is 328 g/mol. The van der Waals surface area contributed by atoms with Gasteiger partial charge in [-0.05, 0) is 36.4 Å².